The average molecular weight is 191 g/mol. The van der Waals surface area contributed by atoms with Crippen LogP contribution in [0.2, 0.25) is 0 Å². The maximum atomic E-state index is 5.59. The van der Waals surface area contributed by atoms with Gasteiger partial charge in [-0.25, -0.2) is 0 Å². The fourth-order valence-corrected chi connectivity index (χ4v) is 1.59. The lowest BCUT2D eigenvalue weighted by Gasteiger charge is -1.99. The minimum absolute atomic E-state index is 0.462. The summed E-state index contributed by atoms with van der Waals surface area (Å²) in [7, 11) is 3.56. The molecule has 2 N–H and O–H groups in total. The van der Waals surface area contributed by atoms with Gasteiger partial charge in [0, 0.05) is 25.0 Å². The number of hydrogen-bond donors (Lipinski definition) is 1. The van der Waals surface area contributed by atoms with Gasteiger partial charge in [0.25, 0.3) is 0 Å². The van der Waals surface area contributed by atoms with Crippen molar-refractivity contribution in [2.75, 3.05) is 7.11 Å². The smallest absolute Gasteiger partial charge is 0.121 e. The van der Waals surface area contributed by atoms with Crippen LogP contribution in [-0.2, 0) is 13.6 Å². The standard InChI is InChI=1S/C10H13N3O/c1-13-10-5-7(14-2)3-4-8(10)9(6-11)12-13/h3-5H,6,11H2,1-2H3. The summed E-state index contributed by atoms with van der Waals surface area (Å²) in [5.74, 6) is 0.837. The topological polar surface area (TPSA) is 53.1 Å². The molecule has 2 aromatic rings. The van der Waals surface area contributed by atoms with Crippen molar-refractivity contribution in [3.05, 3.63) is 23.9 Å². The van der Waals surface area contributed by atoms with Gasteiger partial charge >= 0.3 is 0 Å². The van der Waals surface area contributed by atoms with E-state index in [0.717, 1.165) is 22.3 Å². The molecule has 2 rings (SSSR count). The van der Waals surface area contributed by atoms with Crippen molar-refractivity contribution in [1.82, 2.24) is 9.78 Å². The second-order valence-corrected chi connectivity index (χ2v) is 3.16. The van der Waals surface area contributed by atoms with E-state index in [0.29, 0.717) is 6.54 Å². The van der Waals surface area contributed by atoms with Crippen LogP contribution < -0.4 is 10.5 Å². The van der Waals surface area contributed by atoms with Gasteiger partial charge in [0.15, 0.2) is 0 Å². The lowest BCUT2D eigenvalue weighted by molar-refractivity contribution is 0.415. The number of ether oxygens (including phenoxy) is 1. The summed E-state index contributed by atoms with van der Waals surface area (Å²) in [5, 5.41) is 5.41. The molecule has 0 bridgehead atoms. The van der Waals surface area contributed by atoms with Crippen molar-refractivity contribution in [2.24, 2.45) is 12.8 Å². The molecule has 0 fully saturated rings. The van der Waals surface area contributed by atoms with Crippen molar-refractivity contribution in [1.29, 1.82) is 0 Å². The Labute approximate surface area is 82.3 Å². The number of nitrogens with two attached hydrogens (primary N) is 1. The summed E-state index contributed by atoms with van der Waals surface area (Å²) < 4.78 is 6.97. The molecule has 0 saturated carbocycles. The van der Waals surface area contributed by atoms with Crippen LogP contribution in [-0.4, -0.2) is 16.9 Å². The molecule has 0 aliphatic carbocycles. The van der Waals surface area contributed by atoms with Gasteiger partial charge in [-0.15, -0.1) is 0 Å². The minimum atomic E-state index is 0.462. The summed E-state index contributed by atoms with van der Waals surface area (Å²) in [6.07, 6.45) is 0. The van der Waals surface area contributed by atoms with Crippen molar-refractivity contribution < 1.29 is 4.74 Å². The van der Waals surface area contributed by atoms with Crippen molar-refractivity contribution in [2.45, 2.75) is 6.54 Å². The molecule has 0 spiro atoms. The number of benzene rings is 1. The predicted molar refractivity (Wildman–Crippen MR) is 55.2 cm³/mol. The molecule has 0 saturated heterocycles. The molecular weight excluding hydrogens is 178 g/mol. The highest BCUT2D eigenvalue weighted by molar-refractivity contribution is 5.83. The molecule has 0 radical (unpaired) electrons. The minimum Gasteiger partial charge on any atom is -0.497 e. The van der Waals surface area contributed by atoms with Crippen LogP contribution >= 0.6 is 0 Å². The van der Waals surface area contributed by atoms with Gasteiger partial charge in [0.2, 0.25) is 0 Å². The Morgan fingerprint density at radius 1 is 1.50 bits per heavy atom. The van der Waals surface area contributed by atoms with E-state index in [1.807, 2.05) is 29.9 Å². The third-order valence-electron chi connectivity index (χ3n) is 2.33. The first-order valence-electron chi connectivity index (χ1n) is 4.46. The molecule has 0 aliphatic heterocycles. The lowest BCUT2D eigenvalue weighted by Crippen LogP contribution is -1.98. The van der Waals surface area contributed by atoms with Gasteiger partial charge < -0.3 is 10.5 Å². The van der Waals surface area contributed by atoms with Crippen LogP contribution in [0.4, 0.5) is 0 Å². The Kier molecular flexibility index (Phi) is 2.13. The van der Waals surface area contributed by atoms with Crippen LogP contribution in [0.3, 0.4) is 0 Å². The van der Waals surface area contributed by atoms with E-state index < -0.39 is 0 Å². The number of rotatable bonds is 2. The summed E-state index contributed by atoms with van der Waals surface area (Å²) in [4.78, 5) is 0. The number of aromatic nitrogens is 2. The monoisotopic (exact) mass is 191 g/mol. The number of hydrogen-bond acceptors (Lipinski definition) is 3. The molecule has 14 heavy (non-hydrogen) atoms. The summed E-state index contributed by atoms with van der Waals surface area (Å²) >= 11 is 0. The van der Waals surface area contributed by atoms with Gasteiger partial charge in [-0.05, 0) is 12.1 Å². The third-order valence-corrected chi connectivity index (χ3v) is 2.33. The zero-order valence-corrected chi connectivity index (χ0v) is 8.32. The summed E-state index contributed by atoms with van der Waals surface area (Å²) in [6, 6.07) is 5.87. The van der Waals surface area contributed by atoms with Gasteiger partial charge in [0.05, 0.1) is 18.3 Å². The lowest BCUT2D eigenvalue weighted by atomic mass is 10.2. The molecule has 74 valence electrons. The van der Waals surface area contributed by atoms with E-state index in [-0.39, 0.29) is 0 Å². The van der Waals surface area contributed by atoms with Gasteiger partial charge in [0.1, 0.15) is 5.75 Å². The van der Waals surface area contributed by atoms with Crippen LogP contribution in [0.25, 0.3) is 10.9 Å². The fourth-order valence-electron chi connectivity index (χ4n) is 1.59. The number of methoxy groups -OCH3 is 1. The second kappa shape index (κ2) is 3.31. The molecule has 1 heterocycles. The highest BCUT2D eigenvalue weighted by Crippen LogP contribution is 2.22. The van der Waals surface area contributed by atoms with E-state index in [1.54, 1.807) is 7.11 Å². The Balaban J connectivity index is 2.70. The summed E-state index contributed by atoms with van der Waals surface area (Å²) in [5.41, 5.74) is 7.56. The molecule has 0 unspecified atom stereocenters. The molecule has 4 heteroatoms. The van der Waals surface area contributed by atoms with E-state index in [4.69, 9.17) is 10.5 Å². The Morgan fingerprint density at radius 2 is 2.29 bits per heavy atom. The molecule has 0 aliphatic rings. The predicted octanol–water partition coefficient (Wildman–Crippen LogP) is 1.04. The van der Waals surface area contributed by atoms with E-state index in [2.05, 4.69) is 5.10 Å². The molecular formula is C10H13N3O. The Bertz CT molecular complexity index is 462. The summed E-state index contributed by atoms with van der Waals surface area (Å²) in [6.45, 7) is 0.462. The third kappa shape index (κ3) is 1.24. The number of aryl methyl sites for hydroxylation is 1. The quantitative estimate of drug-likeness (QED) is 0.771. The molecule has 0 atom stereocenters. The van der Waals surface area contributed by atoms with E-state index in [1.165, 1.54) is 0 Å². The first kappa shape index (κ1) is 9.02. The van der Waals surface area contributed by atoms with Crippen LogP contribution in [0.15, 0.2) is 18.2 Å². The van der Waals surface area contributed by atoms with Crippen LogP contribution in [0, 0.1) is 0 Å². The fraction of sp³-hybridized carbons (Fsp3) is 0.300. The Morgan fingerprint density at radius 3 is 2.93 bits per heavy atom. The zero-order chi connectivity index (χ0) is 10.1. The highest BCUT2D eigenvalue weighted by Gasteiger charge is 2.07. The first-order chi connectivity index (χ1) is 6.76. The van der Waals surface area contributed by atoms with Gasteiger partial charge in [-0.2, -0.15) is 5.10 Å². The SMILES string of the molecule is COc1ccc2c(CN)nn(C)c2c1. The van der Waals surface area contributed by atoms with Gasteiger partial charge in [-0.1, -0.05) is 0 Å². The molecule has 1 aromatic heterocycles. The normalized spacial score (nSPS) is 10.8. The number of nitrogens with zero attached hydrogens (tertiary/aromatic N) is 2. The molecule has 0 amide bonds. The highest BCUT2D eigenvalue weighted by atomic mass is 16.5. The van der Waals surface area contributed by atoms with E-state index >= 15 is 0 Å². The van der Waals surface area contributed by atoms with Crippen LogP contribution in [0.5, 0.6) is 5.75 Å². The molecule has 1 aromatic carbocycles. The second-order valence-electron chi connectivity index (χ2n) is 3.16. The maximum absolute atomic E-state index is 5.59. The van der Waals surface area contributed by atoms with Gasteiger partial charge in [-0.3, -0.25) is 4.68 Å². The molecule has 4 nitrogen and oxygen atoms in total. The van der Waals surface area contributed by atoms with E-state index in [9.17, 15) is 0 Å². The van der Waals surface area contributed by atoms with Crippen molar-refractivity contribution in [3.63, 3.8) is 0 Å². The average Bonchev–Trinajstić information content (AvgIpc) is 2.55. The van der Waals surface area contributed by atoms with Crippen LogP contribution in [0.1, 0.15) is 5.69 Å². The largest absolute Gasteiger partial charge is 0.497 e. The Hall–Kier alpha value is -1.55. The van der Waals surface area contributed by atoms with Crippen molar-refractivity contribution in [3.8, 4) is 5.75 Å². The maximum Gasteiger partial charge on any atom is 0.121 e. The first-order valence-corrected chi connectivity index (χ1v) is 4.46. The zero-order valence-electron chi connectivity index (χ0n) is 8.32. The number of fused-ring (bicyclic) bond motifs is 1. The van der Waals surface area contributed by atoms with Crippen molar-refractivity contribution >= 4 is 10.9 Å².